The van der Waals surface area contributed by atoms with Crippen molar-refractivity contribution in [3.05, 3.63) is 96.1 Å². The number of para-hydroxylation sites is 2. The second-order valence-electron chi connectivity index (χ2n) is 10.4. The van der Waals surface area contributed by atoms with Gasteiger partial charge in [0.15, 0.2) is 16.7 Å². The first kappa shape index (κ1) is 30.7. The number of rotatable bonds is 12. The van der Waals surface area contributed by atoms with Gasteiger partial charge < -0.3 is 24.8 Å². The van der Waals surface area contributed by atoms with E-state index in [1.165, 1.54) is 11.8 Å². The zero-order valence-corrected chi connectivity index (χ0v) is 26.5. The third-order valence-electron chi connectivity index (χ3n) is 7.40. The number of methoxy groups -OCH3 is 2. The third-order valence-corrected chi connectivity index (χ3v) is 8.34. The Morgan fingerprint density at radius 1 is 0.870 bits per heavy atom. The van der Waals surface area contributed by atoms with E-state index in [-0.39, 0.29) is 17.6 Å². The first-order valence-corrected chi connectivity index (χ1v) is 15.8. The standard InChI is InChI=1S/C35H33N5O5S/c1-4-45-25-13-11-24(12-14-25)37-32(41)21-46-35-39-28-20-23(10-15-26(28)33-38-27-7-5-6-8-29(27)40(33)35)34(42)36-18-17-22-9-16-30(43-2)31(19-22)44-3/h5-16,19-20H,4,17-18,21H2,1-3H3,(H,36,42)(H,37,41). The minimum absolute atomic E-state index is 0.129. The van der Waals surface area contributed by atoms with Crippen LogP contribution < -0.4 is 24.8 Å². The molecule has 6 aromatic rings. The van der Waals surface area contributed by atoms with Gasteiger partial charge in [0.1, 0.15) is 11.4 Å². The average Bonchev–Trinajstić information content (AvgIpc) is 3.48. The lowest BCUT2D eigenvalue weighted by Gasteiger charge is -2.11. The van der Waals surface area contributed by atoms with Crippen molar-refractivity contribution in [2.45, 2.75) is 18.5 Å². The molecular weight excluding hydrogens is 602 g/mol. The van der Waals surface area contributed by atoms with Gasteiger partial charge in [0.2, 0.25) is 5.91 Å². The lowest BCUT2D eigenvalue weighted by Crippen LogP contribution is -2.25. The summed E-state index contributed by atoms with van der Waals surface area (Å²) in [5.74, 6) is 1.80. The molecule has 0 fully saturated rings. The lowest BCUT2D eigenvalue weighted by atomic mass is 10.1. The number of thioether (sulfide) groups is 1. The van der Waals surface area contributed by atoms with Crippen LogP contribution in [0, 0.1) is 0 Å². The van der Waals surface area contributed by atoms with Gasteiger partial charge in [-0.05, 0) is 85.6 Å². The number of hydrogen-bond donors (Lipinski definition) is 2. The van der Waals surface area contributed by atoms with Crippen LogP contribution in [0.15, 0.2) is 90.1 Å². The fourth-order valence-electron chi connectivity index (χ4n) is 5.19. The Hall–Kier alpha value is -5.29. The maximum atomic E-state index is 13.2. The highest BCUT2D eigenvalue weighted by Crippen LogP contribution is 2.30. The van der Waals surface area contributed by atoms with Crippen LogP contribution in [0.3, 0.4) is 0 Å². The number of nitrogens with zero attached hydrogens (tertiary/aromatic N) is 3. The van der Waals surface area contributed by atoms with E-state index in [1.807, 2.05) is 84.1 Å². The summed E-state index contributed by atoms with van der Waals surface area (Å²) in [5.41, 5.74) is 5.20. The van der Waals surface area contributed by atoms with Gasteiger partial charge in [-0.3, -0.25) is 14.0 Å². The summed E-state index contributed by atoms with van der Waals surface area (Å²) < 4.78 is 18.1. The molecule has 0 atom stereocenters. The number of benzene rings is 4. The van der Waals surface area contributed by atoms with E-state index in [4.69, 9.17) is 24.2 Å². The Kier molecular flexibility index (Phi) is 9.20. The summed E-state index contributed by atoms with van der Waals surface area (Å²) in [6.45, 7) is 2.94. The van der Waals surface area contributed by atoms with Crippen LogP contribution in [0.25, 0.3) is 27.6 Å². The highest BCUT2D eigenvalue weighted by molar-refractivity contribution is 7.99. The molecule has 4 aromatic carbocycles. The van der Waals surface area contributed by atoms with E-state index in [0.717, 1.165) is 27.7 Å². The molecule has 2 N–H and O–H groups in total. The smallest absolute Gasteiger partial charge is 0.251 e. The molecule has 0 radical (unpaired) electrons. The van der Waals surface area contributed by atoms with Crippen LogP contribution in [0.4, 0.5) is 5.69 Å². The number of imidazole rings is 1. The average molecular weight is 636 g/mol. The summed E-state index contributed by atoms with van der Waals surface area (Å²) in [5, 5.41) is 7.34. The largest absolute Gasteiger partial charge is 0.494 e. The Morgan fingerprint density at radius 2 is 1.67 bits per heavy atom. The van der Waals surface area contributed by atoms with Gasteiger partial charge in [-0.25, -0.2) is 9.97 Å². The van der Waals surface area contributed by atoms with Crippen molar-refractivity contribution < 1.29 is 23.8 Å². The first-order chi connectivity index (χ1) is 22.5. The number of aromatic nitrogens is 3. The Morgan fingerprint density at radius 3 is 2.46 bits per heavy atom. The van der Waals surface area contributed by atoms with Gasteiger partial charge in [0.25, 0.3) is 5.91 Å². The summed E-state index contributed by atoms with van der Waals surface area (Å²) in [6.07, 6.45) is 0.624. The second kappa shape index (κ2) is 13.8. The summed E-state index contributed by atoms with van der Waals surface area (Å²) in [6, 6.07) is 26.2. The number of amides is 2. The zero-order chi connectivity index (χ0) is 32.0. The highest BCUT2D eigenvalue weighted by atomic mass is 32.2. The van der Waals surface area contributed by atoms with Crippen molar-refractivity contribution in [2.24, 2.45) is 0 Å². The van der Waals surface area contributed by atoms with Crippen molar-refractivity contribution >= 4 is 56.8 Å². The summed E-state index contributed by atoms with van der Waals surface area (Å²) in [4.78, 5) is 35.9. The van der Waals surface area contributed by atoms with E-state index in [2.05, 4.69) is 10.6 Å². The lowest BCUT2D eigenvalue weighted by molar-refractivity contribution is -0.113. The van der Waals surface area contributed by atoms with Crippen molar-refractivity contribution in [3.63, 3.8) is 0 Å². The van der Waals surface area contributed by atoms with Crippen LogP contribution in [0.1, 0.15) is 22.8 Å². The van der Waals surface area contributed by atoms with Crippen LogP contribution in [0.5, 0.6) is 17.2 Å². The summed E-state index contributed by atoms with van der Waals surface area (Å²) in [7, 11) is 3.19. The topological polar surface area (TPSA) is 116 Å². The molecule has 0 unspecified atom stereocenters. The molecule has 0 aliphatic heterocycles. The van der Waals surface area contributed by atoms with Gasteiger partial charge in [-0.1, -0.05) is 30.0 Å². The molecular formula is C35H33N5O5S. The fourth-order valence-corrected chi connectivity index (χ4v) is 6.00. The molecule has 0 saturated carbocycles. The number of hydrogen-bond acceptors (Lipinski definition) is 8. The monoisotopic (exact) mass is 635 g/mol. The van der Waals surface area contributed by atoms with E-state index < -0.39 is 0 Å². The molecule has 6 rings (SSSR count). The van der Waals surface area contributed by atoms with Crippen molar-refractivity contribution in [1.82, 2.24) is 19.7 Å². The second-order valence-corrected chi connectivity index (χ2v) is 11.3. The molecule has 2 heterocycles. The van der Waals surface area contributed by atoms with E-state index in [1.54, 1.807) is 26.4 Å². The number of carbonyl (C=O) groups is 2. The molecule has 0 aliphatic carbocycles. The van der Waals surface area contributed by atoms with Gasteiger partial charge in [-0.15, -0.1) is 0 Å². The minimum atomic E-state index is -0.207. The molecule has 0 aliphatic rings. The van der Waals surface area contributed by atoms with Gasteiger partial charge in [-0.2, -0.15) is 0 Å². The van der Waals surface area contributed by atoms with E-state index in [9.17, 15) is 9.59 Å². The number of nitrogens with one attached hydrogen (secondary N) is 2. The number of anilines is 1. The molecule has 234 valence electrons. The van der Waals surface area contributed by atoms with E-state index >= 15 is 0 Å². The molecule has 0 spiro atoms. The van der Waals surface area contributed by atoms with Gasteiger partial charge in [0.05, 0.1) is 43.1 Å². The SMILES string of the molecule is CCOc1ccc(NC(=O)CSc2nc3cc(C(=O)NCCc4ccc(OC)c(OC)c4)ccc3c3nc4ccccc4n23)cc1. The minimum Gasteiger partial charge on any atom is -0.494 e. The Labute approximate surface area is 270 Å². The molecule has 11 heteroatoms. The Balaban J connectivity index is 1.22. The van der Waals surface area contributed by atoms with Crippen LogP contribution in [-0.4, -0.2) is 59.3 Å². The van der Waals surface area contributed by atoms with Crippen LogP contribution in [0.2, 0.25) is 0 Å². The predicted molar refractivity (Wildman–Crippen MR) is 181 cm³/mol. The number of carbonyl (C=O) groups excluding carboxylic acids is 2. The molecule has 0 bridgehead atoms. The normalized spacial score (nSPS) is 11.1. The third kappa shape index (κ3) is 6.54. The number of ether oxygens (including phenoxy) is 3. The maximum Gasteiger partial charge on any atom is 0.251 e. The fraction of sp³-hybridized carbons (Fsp3) is 0.200. The zero-order valence-electron chi connectivity index (χ0n) is 25.7. The first-order valence-electron chi connectivity index (χ1n) is 14.8. The molecule has 2 aromatic heterocycles. The molecule has 0 saturated heterocycles. The molecule has 10 nitrogen and oxygen atoms in total. The van der Waals surface area contributed by atoms with Crippen molar-refractivity contribution in [1.29, 1.82) is 0 Å². The Bertz CT molecular complexity index is 2040. The number of fused-ring (bicyclic) bond motifs is 5. The van der Waals surface area contributed by atoms with Crippen LogP contribution in [-0.2, 0) is 11.2 Å². The molecule has 2 amide bonds. The maximum absolute atomic E-state index is 13.2. The van der Waals surface area contributed by atoms with Crippen LogP contribution >= 0.6 is 11.8 Å². The summed E-state index contributed by atoms with van der Waals surface area (Å²) >= 11 is 1.31. The van der Waals surface area contributed by atoms with Gasteiger partial charge in [0, 0.05) is 23.2 Å². The quantitative estimate of drug-likeness (QED) is 0.121. The molecule has 46 heavy (non-hydrogen) atoms. The highest BCUT2D eigenvalue weighted by Gasteiger charge is 2.17. The van der Waals surface area contributed by atoms with Crippen molar-refractivity contribution in [2.75, 3.05) is 38.4 Å². The van der Waals surface area contributed by atoms with Gasteiger partial charge >= 0.3 is 0 Å². The van der Waals surface area contributed by atoms with E-state index in [0.29, 0.717) is 58.6 Å². The predicted octanol–water partition coefficient (Wildman–Crippen LogP) is 6.15. The van der Waals surface area contributed by atoms with Crippen molar-refractivity contribution in [3.8, 4) is 17.2 Å².